The molecule has 0 aliphatic heterocycles. The third-order valence-corrected chi connectivity index (χ3v) is 2.45. The fourth-order valence-electron chi connectivity index (χ4n) is 1.47. The van der Waals surface area contributed by atoms with Crippen LogP contribution in [0, 0.1) is 0 Å². The van der Waals surface area contributed by atoms with Crippen molar-refractivity contribution in [1.29, 1.82) is 0 Å². The van der Waals surface area contributed by atoms with Crippen LogP contribution in [0.5, 0.6) is 0 Å². The predicted molar refractivity (Wildman–Crippen MR) is 61.0 cm³/mol. The van der Waals surface area contributed by atoms with E-state index in [2.05, 4.69) is 0 Å². The van der Waals surface area contributed by atoms with Gasteiger partial charge in [0.1, 0.15) is 0 Å². The summed E-state index contributed by atoms with van der Waals surface area (Å²) in [7, 11) is 0. The Kier molecular flexibility index (Phi) is 4.95. The van der Waals surface area contributed by atoms with E-state index in [4.69, 9.17) is 10.2 Å². The van der Waals surface area contributed by atoms with Gasteiger partial charge in [-0.25, -0.2) is 0 Å². The second-order valence-corrected chi connectivity index (χ2v) is 3.82. The monoisotopic (exact) mass is 223 g/mol. The van der Waals surface area contributed by atoms with Crippen molar-refractivity contribution in [3.63, 3.8) is 0 Å². The highest BCUT2D eigenvalue weighted by molar-refractivity contribution is 5.69. The van der Waals surface area contributed by atoms with Crippen LogP contribution in [0.15, 0.2) is 30.3 Å². The third kappa shape index (κ3) is 4.00. The number of aliphatic hydroxyl groups excluding tert-OH is 1. The fraction of sp³-hybridized carbons (Fsp3) is 0.417. The standard InChI is InChI=1S/C12H17NO3/c1-10(9-14)13(8-12(15)16)7-11-5-3-2-4-6-11/h2-6,10,14H,7-9H2,1H3,(H,15,16). The van der Waals surface area contributed by atoms with E-state index in [1.165, 1.54) is 0 Å². The molecule has 0 radical (unpaired) electrons. The number of aliphatic hydroxyl groups is 1. The minimum atomic E-state index is -0.878. The molecule has 2 N–H and O–H groups in total. The van der Waals surface area contributed by atoms with Crippen LogP contribution in [0.1, 0.15) is 12.5 Å². The highest BCUT2D eigenvalue weighted by Gasteiger charge is 2.16. The number of carbonyl (C=O) groups is 1. The molecule has 0 aliphatic carbocycles. The van der Waals surface area contributed by atoms with Crippen LogP contribution in [-0.4, -0.2) is 40.3 Å². The molecule has 0 heterocycles. The van der Waals surface area contributed by atoms with Crippen molar-refractivity contribution in [2.45, 2.75) is 19.5 Å². The summed E-state index contributed by atoms with van der Waals surface area (Å²) in [5.74, 6) is -0.878. The lowest BCUT2D eigenvalue weighted by molar-refractivity contribution is -0.139. The average Bonchev–Trinajstić information content (AvgIpc) is 2.28. The summed E-state index contributed by atoms with van der Waals surface area (Å²) < 4.78 is 0. The van der Waals surface area contributed by atoms with E-state index in [1.54, 1.807) is 4.90 Å². The first kappa shape index (κ1) is 12.7. The summed E-state index contributed by atoms with van der Waals surface area (Å²) in [6.07, 6.45) is 0. The van der Waals surface area contributed by atoms with Gasteiger partial charge in [0.2, 0.25) is 0 Å². The second kappa shape index (κ2) is 6.25. The van der Waals surface area contributed by atoms with Gasteiger partial charge in [-0.05, 0) is 12.5 Å². The lowest BCUT2D eigenvalue weighted by atomic mass is 10.2. The van der Waals surface area contributed by atoms with Gasteiger partial charge >= 0.3 is 5.97 Å². The zero-order chi connectivity index (χ0) is 12.0. The molecule has 4 nitrogen and oxygen atoms in total. The van der Waals surface area contributed by atoms with Gasteiger partial charge in [-0.15, -0.1) is 0 Å². The van der Waals surface area contributed by atoms with Gasteiger partial charge in [0.05, 0.1) is 13.2 Å². The van der Waals surface area contributed by atoms with Crippen LogP contribution < -0.4 is 0 Å². The molecule has 0 aliphatic rings. The predicted octanol–water partition coefficient (Wildman–Crippen LogP) is 0.954. The Morgan fingerprint density at radius 1 is 1.38 bits per heavy atom. The minimum Gasteiger partial charge on any atom is -0.480 e. The normalized spacial score (nSPS) is 12.7. The number of hydrogen-bond donors (Lipinski definition) is 2. The molecular formula is C12H17NO3. The zero-order valence-electron chi connectivity index (χ0n) is 9.34. The van der Waals surface area contributed by atoms with Crippen molar-refractivity contribution in [3.05, 3.63) is 35.9 Å². The van der Waals surface area contributed by atoms with Gasteiger partial charge in [-0.1, -0.05) is 30.3 Å². The van der Waals surface area contributed by atoms with Crippen molar-refractivity contribution in [3.8, 4) is 0 Å². The molecule has 0 bridgehead atoms. The minimum absolute atomic E-state index is 0.0416. The molecule has 1 aromatic rings. The molecule has 0 fully saturated rings. The lowest BCUT2D eigenvalue weighted by Crippen LogP contribution is -2.38. The van der Waals surface area contributed by atoms with E-state index in [-0.39, 0.29) is 19.2 Å². The number of benzene rings is 1. The van der Waals surface area contributed by atoms with Gasteiger partial charge in [0.15, 0.2) is 0 Å². The maximum atomic E-state index is 10.7. The highest BCUT2D eigenvalue weighted by Crippen LogP contribution is 2.07. The van der Waals surface area contributed by atoms with Crippen LogP contribution in [-0.2, 0) is 11.3 Å². The Bertz CT molecular complexity index is 326. The van der Waals surface area contributed by atoms with Gasteiger partial charge in [0, 0.05) is 12.6 Å². The van der Waals surface area contributed by atoms with Crippen LogP contribution in [0.2, 0.25) is 0 Å². The molecule has 0 saturated carbocycles. The summed E-state index contributed by atoms with van der Waals surface area (Å²) in [5.41, 5.74) is 1.05. The van der Waals surface area contributed by atoms with E-state index < -0.39 is 5.97 Å². The topological polar surface area (TPSA) is 60.8 Å². The number of rotatable bonds is 6. The van der Waals surface area contributed by atoms with E-state index in [1.807, 2.05) is 37.3 Å². The first-order valence-electron chi connectivity index (χ1n) is 5.24. The van der Waals surface area contributed by atoms with E-state index in [9.17, 15) is 4.79 Å². The largest absolute Gasteiger partial charge is 0.480 e. The molecule has 0 saturated heterocycles. The fourth-order valence-corrected chi connectivity index (χ4v) is 1.47. The molecule has 1 aromatic carbocycles. The van der Waals surface area contributed by atoms with Crippen molar-refractivity contribution in [2.75, 3.05) is 13.2 Å². The van der Waals surface area contributed by atoms with Gasteiger partial charge in [-0.2, -0.15) is 0 Å². The Morgan fingerprint density at radius 3 is 2.50 bits per heavy atom. The molecule has 4 heteroatoms. The van der Waals surface area contributed by atoms with Crippen LogP contribution >= 0.6 is 0 Å². The van der Waals surface area contributed by atoms with Crippen molar-refractivity contribution in [2.24, 2.45) is 0 Å². The van der Waals surface area contributed by atoms with Crippen LogP contribution in [0.3, 0.4) is 0 Å². The summed E-state index contributed by atoms with van der Waals surface area (Å²) in [6, 6.07) is 9.48. The quantitative estimate of drug-likeness (QED) is 0.754. The van der Waals surface area contributed by atoms with Crippen molar-refractivity contribution in [1.82, 2.24) is 4.90 Å². The molecule has 88 valence electrons. The summed E-state index contributed by atoms with van der Waals surface area (Å²) in [5, 5.41) is 17.8. The molecule has 1 atom stereocenters. The molecule has 1 rings (SSSR count). The Hall–Kier alpha value is -1.39. The number of carboxylic acids is 1. The van der Waals surface area contributed by atoms with E-state index >= 15 is 0 Å². The summed E-state index contributed by atoms with van der Waals surface area (Å²) in [6.45, 7) is 2.25. The zero-order valence-corrected chi connectivity index (χ0v) is 9.34. The number of aliphatic carboxylic acids is 1. The van der Waals surface area contributed by atoms with Gasteiger partial charge in [0.25, 0.3) is 0 Å². The van der Waals surface area contributed by atoms with Crippen LogP contribution in [0.25, 0.3) is 0 Å². The third-order valence-electron chi connectivity index (χ3n) is 2.45. The molecule has 1 unspecified atom stereocenters. The van der Waals surface area contributed by atoms with Crippen LogP contribution in [0.4, 0.5) is 0 Å². The summed E-state index contributed by atoms with van der Waals surface area (Å²) >= 11 is 0. The molecule has 0 spiro atoms. The Morgan fingerprint density at radius 2 is 2.00 bits per heavy atom. The lowest BCUT2D eigenvalue weighted by Gasteiger charge is -2.25. The van der Waals surface area contributed by atoms with E-state index in [0.717, 1.165) is 5.56 Å². The smallest absolute Gasteiger partial charge is 0.317 e. The summed E-state index contributed by atoms with van der Waals surface area (Å²) in [4.78, 5) is 12.4. The number of carboxylic acid groups (broad SMARTS) is 1. The first-order valence-corrected chi connectivity index (χ1v) is 5.24. The average molecular weight is 223 g/mol. The first-order chi connectivity index (χ1) is 7.63. The van der Waals surface area contributed by atoms with E-state index in [0.29, 0.717) is 6.54 Å². The maximum Gasteiger partial charge on any atom is 0.317 e. The van der Waals surface area contributed by atoms with Crippen molar-refractivity contribution < 1.29 is 15.0 Å². The van der Waals surface area contributed by atoms with Gasteiger partial charge in [-0.3, -0.25) is 9.69 Å². The Labute approximate surface area is 95.1 Å². The molecule has 0 amide bonds. The Balaban J connectivity index is 2.67. The molecular weight excluding hydrogens is 206 g/mol. The van der Waals surface area contributed by atoms with Crippen molar-refractivity contribution >= 4 is 5.97 Å². The number of nitrogens with zero attached hydrogens (tertiary/aromatic N) is 1. The van der Waals surface area contributed by atoms with Gasteiger partial charge < -0.3 is 10.2 Å². The highest BCUT2D eigenvalue weighted by atomic mass is 16.4. The SMILES string of the molecule is CC(CO)N(CC(=O)O)Cc1ccccc1. The number of hydrogen-bond acceptors (Lipinski definition) is 3. The molecule has 16 heavy (non-hydrogen) atoms. The maximum absolute atomic E-state index is 10.7. The molecule has 0 aromatic heterocycles. The second-order valence-electron chi connectivity index (χ2n) is 3.82.